The van der Waals surface area contributed by atoms with Crippen molar-refractivity contribution in [1.82, 2.24) is 25.5 Å². The third kappa shape index (κ3) is 5.94. The second-order valence-corrected chi connectivity index (χ2v) is 12.1. The Morgan fingerprint density at radius 1 is 1.14 bits per heavy atom. The van der Waals surface area contributed by atoms with Crippen LogP contribution in [0.25, 0.3) is 11.3 Å². The summed E-state index contributed by atoms with van der Waals surface area (Å²) in [5, 5.41) is 5.91. The molecule has 1 saturated carbocycles. The van der Waals surface area contributed by atoms with Crippen LogP contribution < -0.4 is 20.3 Å². The monoisotopic (exact) mass is 620 g/mol. The van der Waals surface area contributed by atoms with Crippen LogP contribution in [0.5, 0.6) is 5.88 Å². The zero-order valence-electron chi connectivity index (χ0n) is 25.2. The van der Waals surface area contributed by atoms with Crippen LogP contribution >= 0.6 is 0 Å². The normalized spacial score (nSPS) is 21.1. The number of aromatic nitrogens is 2. The molecule has 0 unspecified atom stereocenters. The van der Waals surface area contributed by atoms with Gasteiger partial charge in [-0.1, -0.05) is 19.8 Å². The van der Waals surface area contributed by atoms with E-state index in [9.17, 15) is 27.2 Å². The largest absolute Gasteiger partial charge is 0.477 e. The van der Waals surface area contributed by atoms with Crippen molar-refractivity contribution in [2.24, 2.45) is 10.8 Å². The summed E-state index contributed by atoms with van der Waals surface area (Å²) in [7, 11) is 0. The van der Waals surface area contributed by atoms with Crippen LogP contribution in [0, 0.1) is 10.8 Å². The molecule has 5 rings (SSSR count). The van der Waals surface area contributed by atoms with Crippen molar-refractivity contribution in [1.29, 1.82) is 0 Å². The molecule has 2 amide bonds. The molecule has 9 nitrogen and oxygen atoms in total. The molecule has 3 fully saturated rings. The van der Waals surface area contributed by atoms with Crippen molar-refractivity contribution < 1.29 is 31.9 Å². The van der Waals surface area contributed by atoms with Gasteiger partial charge in [0.25, 0.3) is 5.91 Å². The lowest BCUT2D eigenvalue weighted by molar-refractivity contribution is -0.226. The number of nitrogens with zero attached hydrogens (tertiary/aromatic N) is 4. The van der Waals surface area contributed by atoms with Crippen molar-refractivity contribution in [2.45, 2.75) is 58.2 Å². The molecule has 0 bridgehead atoms. The summed E-state index contributed by atoms with van der Waals surface area (Å²) in [6, 6.07) is 6.71. The molecule has 240 valence electrons. The highest BCUT2D eigenvalue weighted by Gasteiger charge is 2.62. The van der Waals surface area contributed by atoms with E-state index >= 15 is 0 Å². The van der Waals surface area contributed by atoms with Crippen molar-refractivity contribution in [3.63, 3.8) is 0 Å². The molecule has 2 N–H and O–H groups in total. The SMILES string of the molecule is CCOc1ncccc1-c1ccc(N2CCN(C(=O)C3(C(F)(F)F)CCCC3)C[C@H]2CC)c(C(=O)NCC2(CF)CNC2)n1. The Morgan fingerprint density at radius 3 is 2.50 bits per heavy atom. The van der Waals surface area contributed by atoms with Gasteiger partial charge in [-0.3, -0.25) is 14.0 Å². The molecule has 44 heavy (non-hydrogen) atoms. The molecular weight excluding hydrogens is 580 g/mol. The quantitative estimate of drug-likeness (QED) is 0.381. The van der Waals surface area contributed by atoms with Crippen molar-refractivity contribution in [3.8, 4) is 17.1 Å². The van der Waals surface area contributed by atoms with Crippen molar-refractivity contribution in [2.75, 3.05) is 57.4 Å². The number of hydrogen-bond acceptors (Lipinski definition) is 7. The van der Waals surface area contributed by atoms with Gasteiger partial charge in [-0.2, -0.15) is 13.2 Å². The number of pyridine rings is 2. The van der Waals surface area contributed by atoms with Gasteiger partial charge in [0.1, 0.15) is 5.41 Å². The summed E-state index contributed by atoms with van der Waals surface area (Å²) >= 11 is 0. The maximum Gasteiger partial charge on any atom is 0.403 e. The van der Waals surface area contributed by atoms with E-state index in [1.54, 1.807) is 30.5 Å². The van der Waals surface area contributed by atoms with E-state index in [-0.39, 0.29) is 50.8 Å². The van der Waals surface area contributed by atoms with Gasteiger partial charge in [0.15, 0.2) is 5.69 Å². The lowest BCUT2D eigenvalue weighted by atomic mass is 9.83. The smallest absolute Gasteiger partial charge is 0.403 e. The number of anilines is 1. The van der Waals surface area contributed by atoms with Crippen molar-refractivity contribution in [3.05, 3.63) is 36.2 Å². The van der Waals surface area contributed by atoms with Gasteiger partial charge in [-0.15, -0.1) is 0 Å². The van der Waals surface area contributed by atoms with Gasteiger partial charge >= 0.3 is 6.18 Å². The lowest BCUT2D eigenvalue weighted by Gasteiger charge is -2.45. The first kappa shape index (κ1) is 31.9. The fraction of sp³-hybridized carbons (Fsp3) is 0.613. The fourth-order valence-electron chi connectivity index (χ4n) is 6.54. The number of alkyl halides is 4. The first-order valence-electron chi connectivity index (χ1n) is 15.3. The molecule has 3 aliphatic rings. The Bertz CT molecular complexity index is 1340. The van der Waals surface area contributed by atoms with Crippen LogP contribution in [0.15, 0.2) is 30.5 Å². The Kier molecular flexibility index (Phi) is 9.33. The van der Waals surface area contributed by atoms with Gasteiger partial charge < -0.3 is 25.2 Å². The topological polar surface area (TPSA) is 99.7 Å². The minimum atomic E-state index is -4.61. The number of carbonyl (C=O) groups excluding carboxylic acids is 2. The summed E-state index contributed by atoms with van der Waals surface area (Å²) < 4.78 is 62.1. The van der Waals surface area contributed by atoms with Crippen LogP contribution in [0.4, 0.5) is 23.2 Å². The summed E-state index contributed by atoms with van der Waals surface area (Å²) in [4.78, 5) is 39.5. The Hall–Kier alpha value is -3.48. The van der Waals surface area contributed by atoms with Gasteiger partial charge in [0.05, 0.1) is 30.2 Å². The van der Waals surface area contributed by atoms with E-state index in [1.165, 1.54) is 4.90 Å². The number of piperazine rings is 1. The highest BCUT2D eigenvalue weighted by Crippen LogP contribution is 2.52. The Morgan fingerprint density at radius 2 is 1.89 bits per heavy atom. The zero-order chi connectivity index (χ0) is 31.5. The van der Waals surface area contributed by atoms with Gasteiger partial charge in [-0.05, 0) is 50.5 Å². The molecule has 2 aliphatic heterocycles. The second kappa shape index (κ2) is 12.9. The maximum atomic E-state index is 14.2. The second-order valence-electron chi connectivity index (χ2n) is 12.1. The number of hydrogen-bond donors (Lipinski definition) is 2. The number of carbonyl (C=O) groups is 2. The number of ether oxygens (including phenoxy) is 1. The summed E-state index contributed by atoms with van der Waals surface area (Å²) in [6.45, 7) is 4.98. The summed E-state index contributed by atoms with van der Waals surface area (Å²) in [6.07, 6.45) is -2.10. The third-order valence-electron chi connectivity index (χ3n) is 9.28. The molecule has 2 aromatic heterocycles. The van der Waals surface area contributed by atoms with Gasteiger partial charge in [0, 0.05) is 56.9 Å². The van der Waals surface area contributed by atoms with Crippen LogP contribution in [0.1, 0.15) is 56.4 Å². The lowest BCUT2D eigenvalue weighted by Crippen LogP contribution is -2.60. The molecule has 0 radical (unpaired) electrons. The average molecular weight is 621 g/mol. The summed E-state index contributed by atoms with van der Waals surface area (Å²) in [5.41, 5.74) is -1.35. The van der Waals surface area contributed by atoms with Gasteiger partial charge in [0.2, 0.25) is 11.8 Å². The predicted octanol–water partition coefficient (Wildman–Crippen LogP) is 4.38. The number of nitrogens with one attached hydrogen (secondary N) is 2. The standard InChI is InChI=1S/C31H40F4N6O3/c1-3-21-16-40(28(43)30(31(33,34)35)11-5-6-12-30)14-15-41(21)24-10-9-23(22-8-7-13-37-27(22)44-4-2)39-25(24)26(42)38-20-29(17-32)18-36-19-29/h7-10,13,21,36H,3-6,11-12,14-20H2,1-2H3,(H,38,42)/t21-/m1/s1. The van der Waals surface area contributed by atoms with E-state index in [4.69, 9.17) is 9.72 Å². The van der Waals surface area contributed by atoms with Crippen LogP contribution in [-0.4, -0.2) is 91.5 Å². The van der Waals surface area contributed by atoms with E-state index < -0.39 is 35.5 Å². The maximum absolute atomic E-state index is 14.2. The van der Waals surface area contributed by atoms with E-state index in [2.05, 4.69) is 15.6 Å². The molecular formula is C31H40F4N6O3. The van der Waals surface area contributed by atoms with E-state index in [0.29, 0.717) is 61.8 Å². The first-order chi connectivity index (χ1) is 21.1. The zero-order valence-corrected chi connectivity index (χ0v) is 25.2. The Labute approximate surface area is 254 Å². The number of amides is 2. The van der Waals surface area contributed by atoms with E-state index in [1.807, 2.05) is 18.7 Å². The van der Waals surface area contributed by atoms with Crippen LogP contribution in [-0.2, 0) is 4.79 Å². The van der Waals surface area contributed by atoms with Crippen molar-refractivity contribution >= 4 is 17.5 Å². The minimum Gasteiger partial charge on any atom is -0.477 e. The molecule has 2 aromatic rings. The minimum absolute atomic E-state index is 0.0870. The highest BCUT2D eigenvalue weighted by atomic mass is 19.4. The average Bonchev–Trinajstić information content (AvgIpc) is 3.52. The van der Waals surface area contributed by atoms with E-state index in [0.717, 1.165) is 0 Å². The molecule has 4 heterocycles. The van der Waals surface area contributed by atoms with Crippen LogP contribution in [0.3, 0.4) is 0 Å². The number of rotatable bonds is 10. The molecule has 1 aliphatic carbocycles. The molecule has 1 atom stereocenters. The predicted molar refractivity (Wildman–Crippen MR) is 157 cm³/mol. The third-order valence-corrected chi connectivity index (χ3v) is 9.28. The van der Waals surface area contributed by atoms with Gasteiger partial charge in [-0.25, -0.2) is 9.97 Å². The molecule has 2 saturated heterocycles. The first-order valence-corrected chi connectivity index (χ1v) is 15.3. The van der Waals surface area contributed by atoms with Crippen LogP contribution in [0.2, 0.25) is 0 Å². The molecule has 0 spiro atoms. The Balaban J connectivity index is 1.45. The summed E-state index contributed by atoms with van der Waals surface area (Å²) in [5.74, 6) is -0.973. The molecule has 13 heteroatoms. The number of halogens is 4. The molecule has 0 aromatic carbocycles. The highest BCUT2D eigenvalue weighted by molar-refractivity contribution is 5.98. The fourth-order valence-corrected chi connectivity index (χ4v) is 6.54.